The van der Waals surface area contributed by atoms with E-state index in [1.54, 1.807) is 12.4 Å². The van der Waals surface area contributed by atoms with Gasteiger partial charge in [-0.05, 0) is 63.1 Å². The van der Waals surface area contributed by atoms with Gasteiger partial charge >= 0.3 is 0 Å². The van der Waals surface area contributed by atoms with Gasteiger partial charge < -0.3 is 29.2 Å². The highest BCUT2D eigenvalue weighted by molar-refractivity contribution is 6.07. The lowest BCUT2D eigenvalue weighted by Gasteiger charge is -2.45. The number of carbonyl (C=O) groups excluding carboxylic acids is 2. The van der Waals surface area contributed by atoms with Crippen molar-refractivity contribution in [1.82, 2.24) is 29.9 Å². The van der Waals surface area contributed by atoms with Gasteiger partial charge in [-0.25, -0.2) is 19.9 Å². The lowest BCUT2D eigenvalue weighted by Crippen LogP contribution is -2.59. The minimum Gasteiger partial charge on any atom is -0.377 e. The number of anilines is 4. The number of amides is 2. The summed E-state index contributed by atoms with van der Waals surface area (Å²) in [7, 11) is 0. The minimum atomic E-state index is -0.384. The minimum absolute atomic E-state index is 0. The number of nitrogens with zero attached hydrogens (tertiary/aromatic N) is 8. The molecule has 4 atom stereocenters. The van der Waals surface area contributed by atoms with Crippen LogP contribution in [0.25, 0.3) is 44.6 Å². The Morgan fingerprint density at radius 1 is 0.582 bits per heavy atom. The first kappa shape index (κ1) is 43.5. The van der Waals surface area contributed by atoms with Gasteiger partial charge in [-0.2, -0.15) is 0 Å². The number of fused-ring (bicyclic) bond motifs is 8. The number of aromatic nitrogens is 6. The highest BCUT2D eigenvalue weighted by Gasteiger charge is 2.45. The molecule has 340 valence electrons. The maximum Gasteiger partial charge on any atom is 0.252 e. The third-order valence-electron chi connectivity index (χ3n) is 13.4. The number of ether oxygens (including phenoxy) is 2. The van der Waals surface area contributed by atoms with Crippen molar-refractivity contribution in [2.75, 3.05) is 59.1 Å². The van der Waals surface area contributed by atoms with Crippen molar-refractivity contribution in [2.45, 2.75) is 59.3 Å². The molecule has 12 rings (SSSR count). The van der Waals surface area contributed by atoms with Crippen LogP contribution in [0.3, 0.4) is 0 Å². The Balaban J connectivity index is 0.000000154. The molecular formula is C53H54N10O4. The molecule has 2 amide bonds. The monoisotopic (exact) mass is 894 g/mol. The van der Waals surface area contributed by atoms with Crippen LogP contribution in [-0.4, -0.2) is 93.3 Å². The van der Waals surface area contributed by atoms with E-state index in [2.05, 4.69) is 96.0 Å². The molecule has 67 heavy (non-hydrogen) atoms. The Morgan fingerprint density at radius 3 is 1.42 bits per heavy atom. The average molecular weight is 895 g/mol. The van der Waals surface area contributed by atoms with Gasteiger partial charge in [0.25, 0.3) is 11.8 Å². The molecule has 2 saturated heterocycles. The van der Waals surface area contributed by atoms with Gasteiger partial charge in [0.2, 0.25) is 0 Å². The van der Waals surface area contributed by atoms with Crippen LogP contribution >= 0.6 is 0 Å². The van der Waals surface area contributed by atoms with Gasteiger partial charge in [-0.1, -0.05) is 91.3 Å². The van der Waals surface area contributed by atoms with Crippen molar-refractivity contribution < 1.29 is 19.1 Å². The van der Waals surface area contributed by atoms with Crippen LogP contribution in [0.4, 0.5) is 23.0 Å². The third-order valence-corrected chi connectivity index (χ3v) is 13.4. The predicted octanol–water partition coefficient (Wildman–Crippen LogP) is 9.13. The Kier molecular flexibility index (Phi) is 11.5. The summed E-state index contributed by atoms with van der Waals surface area (Å²) < 4.78 is 11.4. The predicted molar refractivity (Wildman–Crippen MR) is 263 cm³/mol. The van der Waals surface area contributed by atoms with Crippen molar-refractivity contribution in [3.8, 4) is 22.8 Å². The summed E-state index contributed by atoms with van der Waals surface area (Å²) in [5.41, 5.74) is 10.0. The summed E-state index contributed by atoms with van der Waals surface area (Å²) >= 11 is 0. The number of hydrogen-bond acceptors (Lipinski definition) is 10. The van der Waals surface area contributed by atoms with Gasteiger partial charge in [-0.3, -0.25) is 19.4 Å². The molecule has 14 nitrogen and oxygen atoms in total. The molecule has 14 heteroatoms. The van der Waals surface area contributed by atoms with Crippen LogP contribution in [0.5, 0.6) is 0 Å². The number of morpholine rings is 2. The normalized spacial score (nSPS) is 18.6. The molecule has 4 aliphatic rings. The largest absolute Gasteiger partial charge is 0.377 e. The molecule has 0 radical (unpaired) electrons. The van der Waals surface area contributed by atoms with Gasteiger partial charge in [0.1, 0.15) is 23.5 Å². The van der Waals surface area contributed by atoms with Crippen LogP contribution in [0.1, 0.15) is 55.6 Å². The number of aryl methyl sites for hydroxylation is 2. The number of H-pyrrole nitrogens is 2. The van der Waals surface area contributed by atoms with E-state index in [0.717, 1.165) is 67.1 Å². The molecule has 2 N–H and O–H groups in total. The van der Waals surface area contributed by atoms with E-state index in [1.807, 2.05) is 70.7 Å². The maximum atomic E-state index is 13.6. The number of aromatic amines is 2. The van der Waals surface area contributed by atoms with E-state index in [9.17, 15) is 9.59 Å². The first-order valence-electron chi connectivity index (χ1n) is 22.6. The lowest BCUT2D eigenvalue weighted by atomic mass is 10.0. The molecule has 4 aromatic heterocycles. The number of hydrogen-bond donors (Lipinski definition) is 2. The van der Waals surface area contributed by atoms with Gasteiger partial charge in [-0.15, -0.1) is 0 Å². The highest BCUT2D eigenvalue weighted by Crippen LogP contribution is 2.43. The first-order valence-corrected chi connectivity index (χ1v) is 22.6. The second-order valence-corrected chi connectivity index (χ2v) is 17.5. The molecule has 0 unspecified atom stereocenters. The smallest absolute Gasteiger partial charge is 0.252 e. The average Bonchev–Trinajstić information content (AvgIpc) is 4.06. The van der Waals surface area contributed by atoms with Crippen LogP contribution < -0.4 is 19.6 Å². The Bertz CT molecular complexity index is 2900. The zero-order valence-corrected chi connectivity index (χ0v) is 37.3. The summed E-state index contributed by atoms with van der Waals surface area (Å²) in [6.45, 7) is 11.4. The molecule has 8 heterocycles. The number of carbonyl (C=O) groups is 2. The van der Waals surface area contributed by atoms with Crippen molar-refractivity contribution in [1.29, 1.82) is 0 Å². The van der Waals surface area contributed by atoms with Crippen molar-refractivity contribution in [2.24, 2.45) is 0 Å². The molecule has 2 fully saturated rings. The fourth-order valence-corrected chi connectivity index (χ4v) is 9.79. The van der Waals surface area contributed by atoms with E-state index < -0.39 is 0 Å². The second kappa shape index (κ2) is 17.8. The van der Waals surface area contributed by atoms with Gasteiger partial charge in [0.05, 0.1) is 50.9 Å². The van der Waals surface area contributed by atoms with Crippen LogP contribution in [-0.2, 0) is 19.1 Å². The summed E-state index contributed by atoms with van der Waals surface area (Å²) in [6.07, 6.45) is 7.46. The second-order valence-electron chi connectivity index (χ2n) is 17.5. The zero-order chi connectivity index (χ0) is 45.1. The van der Waals surface area contributed by atoms with E-state index in [0.29, 0.717) is 51.2 Å². The van der Waals surface area contributed by atoms with E-state index in [4.69, 9.17) is 29.4 Å². The Hall–Kier alpha value is -7.42. The highest BCUT2D eigenvalue weighted by atomic mass is 16.5. The van der Waals surface area contributed by atoms with Gasteiger partial charge in [0, 0.05) is 58.4 Å². The maximum absolute atomic E-state index is 13.6. The summed E-state index contributed by atoms with van der Waals surface area (Å²) in [5, 5.41) is 2.15. The molecule has 8 aromatic rings. The summed E-state index contributed by atoms with van der Waals surface area (Å²) in [6, 6.07) is 31.8. The molecule has 0 bridgehead atoms. The molecule has 4 aromatic carbocycles. The Labute approximate surface area is 389 Å². The van der Waals surface area contributed by atoms with Crippen LogP contribution in [0.2, 0.25) is 0 Å². The molecule has 0 saturated carbocycles. The molecule has 0 aliphatic carbocycles. The fourth-order valence-electron chi connectivity index (χ4n) is 9.79. The molecular weight excluding hydrogens is 841 g/mol. The quantitative estimate of drug-likeness (QED) is 0.166. The van der Waals surface area contributed by atoms with Crippen molar-refractivity contribution in [3.63, 3.8) is 0 Å². The number of rotatable bonds is 6. The lowest BCUT2D eigenvalue weighted by molar-refractivity contribution is -0.123. The van der Waals surface area contributed by atoms with E-state index >= 15 is 0 Å². The van der Waals surface area contributed by atoms with E-state index in [-0.39, 0.29) is 43.4 Å². The zero-order valence-electron chi connectivity index (χ0n) is 37.3. The van der Waals surface area contributed by atoms with E-state index in [1.165, 1.54) is 11.1 Å². The van der Waals surface area contributed by atoms with Gasteiger partial charge in [0.15, 0.2) is 23.3 Å². The van der Waals surface area contributed by atoms with Crippen LogP contribution in [0.15, 0.2) is 122 Å². The van der Waals surface area contributed by atoms with Crippen molar-refractivity contribution in [3.05, 3.63) is 144 Å². The third kappa shape index (κ3) is 7.65. The molecule has 0 spiro atoms. The van der Waals surface area contributed by atoms with Crippen LogP contribution in [0, 0.1) is 13.8 Å². The summed E-state index contributed by atoms with van der Waals surface area (Å²) in [5.74, 6) is 2.94. The number of benzene rings is 4. The fraction of sp³-hybridized carbons (Fsp3) is 0.283. The SMILES string of the molecule is C.Cc1ccc([C@H](C)N2C(=O)[C@@H]3COCCN3c3nc(-c4cccc5[nH]ccc45)ncc32)cc1.Cc1ccc([C@H](C)N2C(=O)[C@H]3COCCN3c3nc(-c4cccc5[nH]ccc45)ncc32)cc1. The number of nitrogens with one attached hydrogen (secondary N) is 2. The standard InChI is InChI=1S/2C26H25N5O2.CH4/c2*1-16-6-8-18(9-7-16)17(2)31-22-14-28-24(20-4-3-5-21-19(20)10-11-27-21)29-25(22)30-12-13-33-15-23(30)26(31)32;/h2*3-11,14,17,23,27H,12-13,15H2,1-2H3;1H4/t17-,23+;17-,23-;/m00./s1. The van der Waals surface area contributed by atoms with Crippen molar-refractivity contribution >= 4 is 56.6 Å². The summed E-state index contributed by atoms with van der Waals surface area (Å²) in [4.78, 5) is 61.2. The topological polar surface area (TPSA) is 149 Å². The first-order chi connectivity index (χ1) is 32.2. The Morgan fingerprint density at radius 2 is 1.00 bits per heavy atom. The molecule has 4 aliphatic heterocycles.